The van der Waals surface area contributed by atoms with Gasteiger partial charge < -0.3 is 5.32 Å². The molecule has 1 aromatic heterocycles. The molecule has 1 unspecified atom stereocenters. The van der Waals surface area contributed by atoms with Crippen LogP contribution >= 0.6 is 11.3 Å². The molecule has 1 atom stereocenters. The number of nitrogens with zero attached hydrogens (tertiary/aromatic N) is 1. The molecule has 1 N–H and O–H groups in total. The molecule has 1 fully saturated rings. The average Bonchev–Trinajstić information content (AvgIpc) is 2.93. The highest BCUT2D eigenvalue weighted by molar-refractivity contribution is 7.09. The molecule has 3 heteroatoms. The van der Waals surface area contributed by atoms with E-state index in [1.807, 2.05) is 6.20 Å². The third kappa shape index (κ3) is 3.79. The standard InChI is InChI=1S/C16H28N2S/c1-5-16(3,4)13-6-8-14(9-7-13)18-12(2)15-17-10-11-19-15/h10-14,18H,5-9H2,1-4H3. The Morgan fingerprint density at radius 1 is 1.37 bits per heavy atom. The van der Waals surface area contributed by atoms with Crippen molar-refractivity contribution >= 4 is 11.3 Å². The maximum atomic E-state index is 4.41. The van der Waals surface area contributed by atoms with E-state index >= 15 is 0 Å². The SMILES string of the molecule is CCC(C)(C)C1CCC(NC(C)c2nccs2)CC1. The van der Waals surface area contributed by atoms with Crippen LogP contribution in [-0.2, 0) is 0 Å². The van der Waals surface area contributed by atoms with Gasteiger partial charge in [-0.3, -0.25) is 0 Å². The van der Waals surface area contributed by atoms with Crippen molar-refractivity contribution in [3.63, 3.8) is 0 Å². The van der Waals surface area contributed by atoms with Crippen LogP contribution in [0.3, 0.4) is 0 Å². The molecular formula is C16H28N2S. The van der Waals surface area contributed by atoms with Crippen molar-refractivity contribution in [2.75, 3.05) is 0 Å². The van der Waals surface area contributed by atoms with Gasteiger partial charge in [0.2, 0.25) is 0 Å². The van der Waals surface area contributed by atoms with Crippen molar-refractivity contribution < 1.29 is 0 Å². The van der Waals surface area contributed by atoms with Gasteiger partial charge in [0.25, 0.3) is 0 Å². The summed E-state index contributed by atoms with van der Waals surface area (Å²) in [5.41, 5.74) is 0.520. The minimum Gasteiger partial charge on any atom is -0.305 e. The van der Waals surface area contributed by atoms with Gasteiger partial charge in [-0.2, -0.15) is 0 Å². The Morgan fingerprint density at radius 3 is 2.58 bits per heavy atom. The zero-order chi connectivity index (χ0) is 13.9. The largest absolute Gasteiger partial charge is 0.305 e. The number of hydrogen-bond donors (Lipinski definition) is 1. The second-order valence-electron chi connectivity index (χ2n) is 6.65. The topological polar surface area (TPSA) is 24.9 Å². The van der Waals surface area contributed by atoms with Gasteiger partial charge in [-0.05, 0) is 43.9 Å². The van der Waals surface area contributed by atoms with E-state index < -0.39 is 0 Å². The first-order chi connectivity index (χ1) is 9.03. The molecule has 0 spiro atoms. The lowest BCUT2D eigenvalue weighted by atomic mass is 9.69. The number of nitrogens with one attached hydrogen (secondary N) is 1. The normalized spacial score (nSPS) is 26.3. The Morgan fingerprint density at radius 2 is 2.05 bits per heavy atom. The van der Waals surface area contributed by atoms with Crippen LogP contribution in [0.25, 0.3) is 0 Å². The van der Waals surface area contributed by atoms with E-state index in [2.05, 4.69) is 43.4 Å². The minimum absolute atomic E-state index is 0.403. The van der Waals surface area contributed by atoms with E-state index in [4.69, 9.17) is 0 Å². The van der Waals surface area contributed by atoms with Gasteiger partial charge in [-0.15, -0.1) is 11.3 Å². The first-order valence-corrected chi connectivity index (χ1v) is 8.56. The molecule has 2 nitrogen and oxygen atoms in total. The summed E-state index contributed by atoms with van der Waals surface area (Å²) < 4.78 is 0. The Hall–Kier alpha value is -0.410. The van der Waals surface area contributed by atoms with Gasteiger partial charge >= 0.3 is 0 Å². The summed E-state index contributed by atoms with van der Waals surface area (Å²) in [5.74, 6) is 0.908. The molecule has 0 bridgehead atoms. The smallest absolute Gasteiger partial charge is 0.109 e. The van der Waals surface area contributed by atoms with Crippen LogP contribution in [-0.4, -0.2) is 11.0 Å². The Labute approximate surface area is 122 Å². The van der Waals surface area contributed by atoms with Crippen molar-refractivity contribution in [1.29, 1.82) is 0 Å². The lowest BCUT2D eigenvalue weighted by Crippen LogP contribution is -2.38. The van der Waals surface area contributed by atoms with Crippen LogP contribution < -0.4 is 5.32 Å². The molecular weight excluding hydrogens is 252 g/mol. The quantitative estimate of drug-likeness (QED) is 0.839. The molecule has 0 radical (unpaired) electrons. The average molecular weight is 280 g/mol. The second-order valence-corrected chi connectivity index (χ2v) is 7.58. The molecule has 1 aliphatic carbocycles. The maximum absolute atomic E-state index is 4.41. The van der Waals surface area contributed by atoms with Crippen molar-refractivity contribution in [1.82, 2.24) is 10.3 Å². The molecule has 0 saturated heterocycles. The zero-order valence-corrected chi connectivity index (χ0v) is 13.6. The molecule has 1 heterocycles. The third-order valence-electron chi connectivity index (χ3n) is 5.05. The van der Waals surface area contributed by atoms with Crippen LogP contribution in [0.4, 0.5) is 0 Å². The van der Waals surface area contributed by atoms with Crippen LogP contribution in [0.5, 0.6) is 0 Å². The lowest BCUT2D eigenvalue weighted by molar-refractivity contribution is 0.134. The molecule has 0 aliphatic heterocycles. The van der Waals surface area contributed by atoms with E-state index in [0.29, 0.717) is 17.5 Å². The van der Waals surface area contributed by atoms with Gasteiger partial charge in [0.1, 0.15) is 5.01 Å². The van der Waals surface area contributed by atoms with E-state index in [-0.39, 0.29) is 0 Å². The summed E-state index contributed by atoms with van der Waals surface area (Å²) >= 11 is 1.75. The van der Waals surface area contributed by atoms with Crippen molar-refractivity contribution in [3.05, 3.63) is 16.6 Å². The highest BCUT2D eigenvalue weighted by Gasteiger charge is 2.32. The second kappa shape index (κ2) is 6.36. The molecule has 0 aromatic carbocycles. The summed E-state index contributed by atoms with van der Waals surface area (Å²) in [7, 11) is 0. The first-order valence-electron chi connectivity index (χ1n) is 7.68. The fourth-order valence-corrected chi connectivity index (χ4v) is 3.86. The van der Waals surface area contributed by atoms with Crippen LogP contribution in [0.2, 0.25) is 0 Å². The first kappa shape index (κ1) is 15.0. The number of hydrogen-bond acceptors (Lipinski definition) is 3. The highest BCUT2D eigenvalue weighted by Crippen LogP contribution is 2.40. The maximum Gasteiger partial charge on any atom is 0.109 e. The number of aromatic nitrogens is 1. The molecule has 108 valence electrons. The summed E-state index contributed by atoms with van der Waals surface area (Å²) in [6.45, 7) is 9.43. The number of rotatable bonds is 5. The van der Waals surface area contributed by atoms with E-state index in [1.165, 1.54) is 37.1 Å². The Kier molecular flexibility index (Phi) is 5.02. The summed E-state index contributed by atoms with van der Waals surface area (Å²) in [5, 5.41) is 7.04. The van der Waals surface area contributed by atoms with Crippen LogP contribution in [0.15, 0.2) is 11.6 Å². The highest BCUT2D eigenvalue weighted by atomic mass is 32.1. The fourth-order valence-electron chi connectivity index (χ4n) is 3.20. The molecule has 1 aliphatic rings. The predicted molar refractivity (Wildman–Crippen MR) is 83.5 cm³/mol. The molecule has 1 aromatic rings. The van der Waals surface area contributed by atoms with Gasteiger partial charge in [-0.1, -0.05) is 27.2 Å². The summed E-state index contributed by atoms with van der Waals surface area (Å²) in [6, 6.07) is 1.09. The van der Waals surface area contributed by atoms with Crippen LogP contribution in [0.1, 0.15) is 70.8 Å². The van der Waals surface area contributed by atoms with E-state index in [0.717, 1.165) is 5.92 Å². The third-order valence-corrected chi connectivity index (χ3v) is 6.01. The van der Waals surface area contributed by atoms with E-state index in [9.17, 15) is 0 Å². The van der Waals surface area contributed by atoms with Gasteiger partial charge in [0.05, 0.1) is 6.04 Å². The van der Waals surface area contributed by atoms with Crippen molar-refractivity contribution in [2.24, 2.45) is 11.3 Å². The monoisotopic (exact) mass is 280 g/mol. The fraction of sp³-hybridized carbons (Fsp3) is 0.812. The zero-order valence-electron chi connectivity index (χ0n) is 12.8. The predicted octanol–water partition coefficient (Wildman–Crippen LogP) is 4.79. The number of thiazole rings is 1. The summed E-state index contributed by atoms with van der Waals surface area (Å²) in [4.78, 5) is 4.41. The minimum atomic E-state index is 0.403. The van der Waals surface area contributed by atoms with Crippen molar-refractivity contribution in [3.8, 4) is 0 Å². The molecule has 2 rings (SSSR count). The Bertz CT molecular complexity index is 364. The van der Waals surface area contributed by atoms with Crippen LogP contribution in [0, 0.1) is 11.3 Å². The van der Waals surface area contributed by atoms with Gasteiger partial charge in [0, 0.05) is 17.6 Å². The molecule has 1 saturated carbocycles. The molecule has 19 heavy (non-hydrogen) atoms. The van der Waals surface area contributed by atoms with Gasteiger partial charge in [-0.25, -0.2) is 4.98 Å². The van der Waals surface area contributed by atoms with E-state index in [1.54, 1.807) is 11.3 Å². The van der Waals surface area contributed by atoms with Crippen molar-refractivity contribution in [2.45, 2.75) is 71.9 Å². The lowest BCUT2D eigenvalue weighted by Gasteiger charge is -2.39. The molecule has 0 amide bonds. The Balaban J connectivity index is 1.81. The summed E-state index contributed by atoms with van der Waals surface area (Å²) in [6.07, 6.45) is 8.60. The van der Waals surface area contributed by atoms with Gasteiger partial charge in [0.15, 0.2) is 0 Å².